The van der Waals surface area contributed by atoms with Crippen LogP contribution in [0.5, 0.6) is 0 Å². The molecule has 1 unspecified atom stereocenters. The highest BCUT2D eigenvalue weighted by Gasteiger charge is 2.26. The van der Waals surface area contributed by atoms with Crippen LogP contribution in [-0.2, 0) is 4.79 Å². The zero-order chi connectivity index (χ0) is 17.8. The van der Waals surface area contributed by atoms with Gasteiger partial charge in [-0.1, -0.05) is 50.3 Å². The van der Waals surface area contributed by atoms with Gasteiger partial charge in [0.25, 0.3) is 0 Å². The molecule has 2 aliphatic rings. The van der Waals surface area contributed by atoms with E-state index in [2.05, 4.69) is 23.7 Å². The number of aromatic nitrogens is 2. The zero-order valence-corrected chi connectivity index (χ0v) is 16.8. The molecule has 1 atom stereocenters. The third-order valence-corrected chi connectivity index (χ3v) is 6.96. The molecule has 25 heavy (non-hydrogen) atoms. The molecule has 140 valence electrons. The number of nitrogens with one attached hydrogen (secondary N) is 1. The summed E-state index contributed by atoms with van der Waals surface area (Å²) in [6.07, 6.45) is 12.5. The highest BCUT2D eigenvalue weighted by molar-refractivity contribution is 8.00. The number of carbonyl (C=O) groups excluding carboxylic acids is 1. The third-order valence-electron chi connectivity index (χ3n) is 5.90. The Bertz CT molecular complexity index is 586. The van der Waals surface area contributed by atoms with Gasteiger partial charge in [-0.05, 0) is 46.5 Å². The average molecular weight is 364 g/mol. The Morgan fingerprint density at radius 1 is 1.08 bits per heavy atom. The summed E-state index contributed by atoms with van der Waals surface area (Å²) in [6, 6.07) is 0.942. The number of amides is 1. The van der Waals surface area contributed by atoms with E-state index in [0.29, 0.717) is 12.1 Å². The normalized spacial score (nSPS) is 21.2. The smallest absolute Gasteiger partial charge is 0.233 e. The first-order valence-electron chi connectivity index (χ1n) is 10.1. The molecule has 3 rings (SSSR count). The van der Waals surface area contributed by atoms with Gasteiger partial charge in [0.1, 0.15) is 0 Å². The predicted molar refractivity (Wildman–Crippen MR) is 104 cm³/mol. The van der Waals surface area contributed by atoms with E-state index in [1.165, 1.54) is 57.1 Å². The molecule has 4 nitrogen and oxygen atoms in total. The summed E-state index contributed by atoms with van der Waals surface area (Å²) >= 11 is 1.64. The molecule has 1 N–H and O–H groups in total. The summed E-state index contributed by atoms with van der Waals surface area (Å²) in [4.78, 5) is 17.4. The molecule has 0 bridgehead atoms. The molecular weight excluding hydrogens is 330 g/mol. The molecule has 0 radical (unpaired) electrons. The fraction of sp³-hybridized carbons (Fsp3) is 0.800. The fourth-order valence-electron chi connectivity index (χ4n) is 4.23. The number of carbonyl (C=O) groups is 1. The molecule has 1 heterocycles. The highest BCUT2D eigenvalue weighted by atomic mass is 32.2. The van der Waals surface area contributed by atoms with Crippen molar-refractivity contribution in [1.82, 2.24) is 14.9 Å². The van der Waals surface area contributed by atoms with Crippen LogP contribution in [0.4, 0.5) is 0 Å². The number of imidazole rings is 1. The van der Waals surface area contributed by atoms with Crippen LogP contribution in [-0.4, -0.2) is 26.8 Å². The van der Waals surface area contributed by atoms with Crippen molar-refractivity contribution < 1.29 is 4.79 Å². The van der Waals surface area contributed by atoms with Gasteiger partial charge in [-0.15, -0.1) is 0 Å². The van der Waals surface area contributed by atoms with Gasteiger partial charge in [0, 0.05) is 17.8 Å². The Hall–Kier alpha value is -0.970. The molecule has 0 spiro atoms. The lowest BCUT2D eigenvalue weighted by atomic mass is 9.95. The number of rotatable bonds is 5. The van der Waals surface area contributed by atoms with Gasteiger partial charge in [-0.2, -0.15) is 0 Å². The lowest BCUT2D eigenvalue weighted by molar-refractivity contribution is -0.121. The summed E-state index contributed by atoms with van der Waals surface area (Å²) in [5.74, 6) is 0.172. The average Bonchev–Trinajstić information content (AvgIpc) is 2.90. The van der Waals surface area contributed by atoms with E-state index >= 15 is 0 Å². The maximum atomic E-state index is 12.6. The number of nitrogens with zero attached hydrogens (tertiary/aromatic N) is 2. The summed E-state index contributed by atoms with van der Waals surface area (Å²) in [5, 5.41) is 4.21. The SMILES string of the molecule is Cc1nc(SC(C)C(=O)NC2CCCCC2)n(C2CCCCC2)c1C. The maximum Gasteiger partial charge on any atom is 0.233 e. The van der Waals surface area contributed by atoms with Crippen LogP contribution in [0.2, 0.25) is 0 Å². The van der Waals surface area contributed by atoms with E-state index in [0.717, 1.165) is 23.7 Å². The Morgan fingerprint density at radius 2 is 1.68 bits per heavy atom. The second kappa shape index (κ2) is 8.61. The van der Waals surface area contributed by atoms with Crippen molar-refractivity contribution in [2.45, 2.75) is 107 Å². The minimum absolute atomic E-state index is 0.0922. The molecule has 1 aromatic rings. The molecule has 0 aliphatic heterocycles. The molecule has 0 aromatic carbocycles. The number of thioether (sulfide) groups is 1. The Labute approximate surface area is 156 Å². The van der Waals surface area contributed by atoms with Crippen molar-refractivity contribution in [2.75, 3.05) is 0 Å². The summed E-state index contributed by atoms with van der Waals surface area (Å²) in [5.41, 5.74) is 2.38. The van der Waals surface area contributed by atoms with E-state index in [4.69, 9.17) is 4.98 Å². The van der Waals surface area contributed by atoms with Crippen LogP contribution in [0.25, 0.3) is 0 Å². The van der Waals surface area contributed by atoms with Crippen LogP contribution in [0.1, 0.15) is 88.6 Å². The number of aryl methyl sites for hydroxylation is 1. The van der Waals surface area contributed by atoms with E-state index < -0.39 is 0 Å². The second-order valence-corrected chi connectivity index (χ2v) is 9.14. The molecule has 1 aromatic heterocycles. The van der Waals surface area contributed by atoms with Crippen LogP contribution in [0.15, 0.2) is 5.16 Å². The van der Waals surface area contributed by atoms with Crippen molar-refractivity contribution in [3.63, 3.8) is 0 Å². The maximum absolute atomic E-state index is 12.6. The minimum Gasteiger partial charge on any atom is -0.352 e. The lowest BCUT2D eigenvalue weighted by Crippen LogP contribution is -2.40. The molecular formula is C20H33N3OS. The number of hydrogen-bond donors (Lipinski definition) is 1. The quantitative estimate of drug-likeness (QED) is 0.754. The van der Waals surface area contributed by atoms with Crippen molar-refractivity contribution in [2.24, 2.45) is 0 Å². The van der Waals surface area contributed by atoms with Gasteiger partial charge in [0.05, 0.1) is 10.9 Å². The van der Waals surface area contributed by atoms with Gasteiger partial charge >= 0.3 is 0 Å². The van der Waals surface area contributed by atoms with Gasteiger partial charge in [-0.25, -0.2) is 4.98 Å². The van der Waals surface area contributed by atoms with Crippen molar-refractivity contribution in [3.8, 4) is 0 Å². The standard InChI is InChI=1S/C20H33N3OS/c1-14-15(2)23(18-12-8-5-9-13-18)20(21-14)25-16(3)19(24)22-17-10-6-4-7-11-17/h16-18H,4-13H2,1-3H3,(H,22,24). The first kappa shape index (κ1) is 18.8. The van der Waals surface area contributed by atoms with Crippen LogP contribution in [0, 0.1) is 13.8 Å². The molecule has 2 aliphatic carbocycles. The second-order valence-electron chi connectivity index (χ2n) is 7.83. The Kier molecular flexibility index (Phi) is 6.48. The van der Waals surface area contributed by atoms with E-state index in [-0.39, 0.29) is 11.2 Å². The molecule has 1 amide bonds. The van der Waals surface area contributed by atoms with Crippen molar-refractivity contribution in [3.05, 3.63) is 11.4 Å². The van der Waals surface area contributed by atoms with Crippen molar-refractivity contribution >= 4 is 17.7 Å². The molecule has 0 saturated heterocycles. The summed E-state index contributed by atoms with van der Waals surface area (Å²) < 4.78 is 2.42. The van der Waals surface area contributed by atoms with E-state index in [9.17, 15) is 4.79 Å². The van der Waals surface area contributed by atoms with E-state index in [1.807, 2.05) is 6.92 Å². The predicted octanol–water partition coefficient (Wildman–Crippen LogP) is 4.93. The van der Waals surface area contributed by atoms with Crippen LogP contribution < -0.4 is 5.32 Å². The molecule has 2 fully saturated rings. The van der Waals surface area contributed by atoms with Gasteiger partial charge in [0.2, 0.25) is 5.91 Å². The third kappa shape index (κ3) is 4.60. The minimum atomic E-state index is -0.0922. The lowest BCUT2D eigenvalue weighted by Gasteiger charge is -2.27. The monoisotopic (exact) mass is 363 g/mol. The Morgan fingerprint density at radius 3 is 2.32 bits per heavy atom. The number of hydrogen-bond acceptors (Lipinski definition) is 3. The topological polar surface area (TPSA) is 46.9 Å². The highest BCUT2D eigenvalue weighted by Crippen LogP contribution is 2.35. The van der Waals surface area contributed by atoms with E-state index in [1.54, 1.807) is 11.8 Å². The first-order chi connectivity index (χ1) is 12.1. The van der Waals surface area contributed by atoms with Crippen LogP contribution >= 0.6 is 11.8 Å². The van der Waals surface area contributed by atoms with Gasteiger partial charge < -0.3 is 9.88 Å². The largest absolute Gasteiger partial charge is 0.352 e. The Balaban J connectivity index is 1.66. The fourth-order valence-corrected chi connectivity index (χ4v) is 5.31. The van der Waals surface area contributed by atoms with Crippen molar-refractivity contribution in [1.29, 1.82) is 0 Å². The molecule has 5 heteroatoms. The molecule has 2 saturated carbocycles. The van der Waals surface area contributed by atoms with Crippen LogP contribution in [0.3, 0.4) is 0 Å². The van der Waals surface area contributed by atoms with Gasteiger partial charge in [-0.3, -0.25) is 4.79 Å². The van der Waals surface area contributed by atoms with Gasteiger partial charge in [0.15, 0.2) is 5.16 Å². The summed E-state index contributed by atoms with van der Waals surface area (Å²) in [6.45, 7) is 6.28. The summed E-state index contributed by atoms with van der Waals surface area (Å²) in [7, 11) is 0. The zero-order valence-electron chi connectivity index (χ0n) is 16.0. The first-order valence-corrected chi connectivity index (χ1v) is 11.0.